The van der Waals surface area contributed by atoms with Gasteiger partial charge in [-0.15, -0.1) is 0 Å². The number of nitrogens with two attached hydrogens (primary N) is 3. The minimum absolute atomic E-state index is 0.396. The summed E-state index contributed by atoms with van der Waals surface area (Å²) in [4.78, 5) is 41.4. The van der Waals surface area contributed by atoms with E-state index in [1.807, 2.05) is 38.1 Å². The molecule has 0 spiro atoms. The molecule has 8 N–H and O–H groups in total. The third kappa shape index (κ3) is 14.2. The van der Waals surface area contributed by atoms with Crippen molar-refractivity contribution in [3.63, 3.8) is 0 Å². The zero-order chi connectivity index (χ0) is 34.0. The van der Waals surface area contributed by atoms with Crippen LogP contribution in [-0.2, 0) is 4.79 Å². The lowest BCUT2D eigenvalue weighted by Gasteiger charge is -2.08. The number of benzene rings is 2. The van der Waals surface area contributed by atoms with Crippen LogP contribution < -0.4 is 28.3 Å². The number of halogens is 1. The van der Waals surface area contributed by atoms with Crippen molar-refractivity contribution in [2.75, 3.05) is 14.1 Å². The van der Waals surface area contributed by atoms with E-state index in [-0.39, 0.29) is 0 Å². The molecule has 0 aliphatic heterocycles. The van der Waals surface area contributed by atoms with Gasteiger partial charge in [0.1, 0.15) is 12.6 Å². The van der Waals surface area contributed by atoms with Crippen LogP contribution in [-0.4, -0.2) is 42.5 Å². The third-order valence-electron chi connectivity index (χ3n) is 5.56. The van der Waals surface area contributed by atoms with E-state index in [2.05, 4.69) is 51.2 Å². The van der Waals surface area contributed by atoms with Crippen molar-refractivity contribution in [1.29, 1.82) is 0 Å². The highest BCUT2D eigenvalue weighted by atomic mass is 35.5. The Morgan fingerprint density at radius 3 is 2.20 bits per heavy atom. The van der Waals surface area contributed by atoms with E-state index in [9.17, 15) is 14.4 Å². The van der Waals surface area contributed by atoms with Crippen LogP contribution in [0.2, 0.25) is 5.02 Å². The number of nitrogens with zero attached hydrogens (tertiary/aromatic N) is 2. The number of nitrogen functional groups attached to an aromatic ring is 1. The summed E-state index contributed by atoms with van der Waals surface area (Å²) >= 11 is 6.16. The van der Waals surface area contributed by atoms with Gasteiger partial charge in [-0.25, -0.2) is 10.8 Å². The van der Waals surface area contributed by atoms with Gasteiger partial charge >= 0.3 is 0 Å². The first-order chi connectivity index (χ1) is 21.9. The maximum atomic E-state index is 12.2. The fourth-order valence-electron chi connectivity index (χ4n) is 3.53. The normalized spacial score (nSPS) is 9.09. The topological polar surface area (TPSA) is 179 Å². The maximum absolute atomic E-state index is 12.2. The van der Waals surface area contributed by atoms with Crippen LogP contribution in [0.4, 0.5) is 0 Å². The first-order valence-corrected chi connectivity index (χ1v) is 14.8. The molecule has 0 unspecified atom stereocenters. The lowest BCUT2D eigenvalue weighted by molar-refractivity contribution is -0.107. The Morgan fingerprint density at radius 2 is 1.64 bits per heavy atom. The van der Waals surface area contributed by atoms with Crippen molar-refractivity contribution >= 4 is 41.0 Å². The largest absolute Gasteiger partial charge is 0.333 e. The maximum Gasteiger partial charge on any atom is 0.265 e. The summed E-state index contributed by atoms with van der Waals surface area (Å²) in [6, 6.07) is 15.9. The SMILES string of the molecule is CC.CCCCCC=O.CN.CNN.NNC(=O)c1cc(-c2ccc(C#Cc3ccc(C=O)cc3Cl)cc2)nc2ccncc12. The van der Waals surface area contributed by atoms with Crippen LogP contribution in [0.3, 0.4) is 0 Å². The number of rotatable bonds is 7. The summed E-state index contributed by atoms with van der Waals surface area (Å²) in [5, 5.41) is 1.04. The lowest BCUT2D eigenvalue weighted by atomic mass is 10.0. The minimum atomic E-state index is -0.415. The molecule has 10 nitrogen and oxygen atoms in total. The van der Waals surface area contributed by atoms with Crippen LogP contribution in [0, 0.1) is 11.8 Å². The van der Waals surface area contributed by atoms with Gasteiger partial charge in [-0.3, -0.25) is 31.3 Å². The number of nitrogens with one attached hydrogen (secondary N) is 2. The molecule has 2 aromatic heterocycles. The van der Waals surface area contributed by atoms with E-state index in [0.29, 0.717) is 38.3 Å². The number of amides is 1. The fraction of sp³-hybridized carbons (Fsp3) is 0.265. The zero-order valence-electron chi connectivity index (χ0n) is 26.6. The number of fused-ring (bicyclic) bond motifs is 1. The predicted molar refractivity (Wildman–Crippen MR) is 184 cm³/mol. The van der Waals surface area contributed by atoms with Gasteiger partial charge in [0.2, 0.25) is 0 Å². The average molecular weight is 634 g/mol. The monoisotopic (exact) mass is 633 g/mol. The Morgan fingerprint density at radius 1 is 0.978 bits per heavy atom. The molecule has 4 rings (SSSR count). The summed E-state index contributed by atoms with van der Waals surface area (Å²) in [5.74, 6) is 15.6. The molecule has 2 aromatic carbocycles. The molecule has 4 aromatic rings. The summed E-state index contributed by atoms with van der Waals surface area (Å²) in [7, 11) is 3.15. The Labute approximate surface area is 271 Å². The number of hydrogen-bond acceptors (Lipinski definition) is 9. The highest BCUT2D eigenvalue weighted by Crippen LogP contribution is 2.25. The quantitative estimate of drug-likeness (QED) is 0.0456. The van der Waals surface area contributed by atoms with Crippen molar-refractivity contribution in [3.8, 4) is 23.1 Å². The summed E-state index contributed by atoms with van der Waals surface area (Å²) in [5.41, 5.74) is 13.3. The molecule has 240 valence electrons. The van der Waals surface area contributed by atoms with Gasteiger partial charge in [0.25, 0.3) is 5.91 Å². The first kappa shape index (κ1) is 40.5. The molecule has 2 heterocycles. The Balaban J connectivity index is 0.00000118. The average Bonchev–Trinajstić information content (AvgIpc) is 3.09. The second-order valence-electron chi connectivity index (χ2n) is 8.56. The number of unbranched alkanes of at least 4 members (excludes halogenated alkanes) is 3. The van der Waals surface area contributed by atoms with E-state index in [1.54, 1.807) is 49.8 Å². The van der Waals surface area contributed by atoms with Crippen LogP contribution in [0.5, 0.6) is 0 Å². The van der Waals surface area contributed by atoms with Crippen LogP contribution >= 0.6 is 11.6 Å². The lowest BCUT2D eigenvalue weighted by Crippen LogP contribution is -2.30. The van der Waals surface area contributed by atoms with Gasteiger partial charge in [0, 0.05) is 46.5 Å². The second-order valence-corrected chi connectivity index (χ2v) is 8.96. The number of pyridine rings is 2. The number of aldehydes is 2. The minimum Gasteiger partial charge on any atom is -0.333 e. The first-order valence-electron chi connectivity index (χ1n) is 14.4. The van der Waals surface area contributed by atoms with E-state index in [0.717, 1.165) is 36.5 Å². The molecule has 0 aliphatic rings. The molecule has 45 heavy (non-hydrogen) atoms. The molecule has 0 bridgehead atoms. The molecule has 0 fully saturated rings. The van der Waals surface area contributed by atoms with E-state index in [4.69, 9.17) is 17.4 Å². The molecular weight excluding hydrogens is 590 g/mol. The van der Waals surface area contributed by atoms with Crippen molar-refractivity contribution in [2.24, 2.45) is 17.4 Å². The molecule has 11 heteroatoms. The number of hydrazine groups is 2. The van der Waals surface area contributed by atoms with Crippen LogP contribution in [0.25, 0.3) is 22.2 Å². The third-order valence-corrected chi connectivity index (χ3v) is 5.88. The van der Waals surface area contributed by atoms with Gasteiger partial charge in [0.15, 0.2) is 0 Å². The smallest absolute Gasteiger partial charge is 0.265 e. The number of carbonyl (C=O) groups is 3. The van der Waals surface area contributed by atoms with Gasteiger partial charge in [-0.05, 0) is 56.9 Å². The highest BCUT2D eigenvalue weighted by Gasteiger charge is 2.13. The van der Waals surface area contributed by atoms with Crippen molar-refractivity contribution < 1.29 is 14.4 Å². The molecule has 1 amide bonds. The van der Waals surface area contributed by atoms with E-state index < -0.39 is 5.91 Å². The standard InChI is InChI=1S/C24H15ClN4O2.C6H12O.C2H6.CH6N2.CH5N/c25-21-11-16(14-30)4-6-17(21)5-1-15-2-7-18(8-3-15)23-12-19(24(31)29-26)20-13-27-10-9-22(20)28-23;1-2-3-4-5-6-7;1-2;1-3-2;1-2/h2-4,6-14H,26H2,(H,29,31);6H,2-5H2,1H3;1-2H3;3H,2H2,1H3;2H2,1H3. The van der Waals surface area contributed by atoms with Crippen LogP contribution in [0.15, 0.2) is 67.0 Å². The number of hydrogen-bond donors (Lipinski definition) is 5. The van der Waals surface area contributed by atoms with Gasteiger partial charge < -0.3 is 10.5 Å². The number of aromatic nitrogens is 2. The number of carbonyl (C=O) groups excluding carboxylic acids is 3. The van der Waals surface area contributed by atoms with E-state index >= 15 is 0 Å². The molecule has 0 atom stereocenters. The van der Waals surface area contributed by atoms with Crippen LogP contribution in [0.1, 0.15) is 78.3 Å². The summed E-state index contributed by atoms with van der Waals surface area (Å²) in [6.45, 7) is 6.13. The van der Waals surface area contributed by atoms with Crippen molar-refractivity contribution in [3.05, 3.63) is 94.3 Å². The molecule has 0 saturated heterocycles. The fourth-order valence-corrected chi connectivity index (χ4v) is 3.77. The summed E-state index contributed by atoms with van der Waals surface area (Å²) < 4.78 is 0. The summed E-state index contributed by atoms with van der Waals surface area (Å²) in [6.07, 6.45) is 9.13. The van der Waals surface area contributed by atoms with E-state index in [1.165, 1.54) is 19.9 Å². The molecular formula is C34H44ClN7O3. The van der Waals surface area contributed by atoms with Crippen molar-refractivity contribution in [1.82, 2.24) is 20.8 Å². The zero-order valence-corrected chi connectivity index (χ0v) is 27.3. The van der Waals surface area contributed by atoms with Crippen molar-refractivity contribution in [2.45, 2.75) is 46.5 Å². The molecule has 0 aliphatic carbocycles. The van der Waals surface area contributed by atoms with Gasteiger partial charge in [0.05, 0.1) is 21.8 Å². The molecule has 0 radical (unpaired) electrons. The predicted octanol–water partition coefficient (Wildman–Crippen LogP) is 5.21. The highest BCUT2D eigenvalue weighted by molar-refractivity contribution is 6.32. The van der Waals surface area contributed by atoms with Gasteiger partial charge in [-0.1, -0.05) is 75.3 Å². The Hall–Kier alpha value is -4.50. The Bertz CT molecular complexity index is 1520. The Kier molecular flexibility index (Phi) is 22.4. The second kappa shape index (κ2) is 24.9. The molecule has 0 saturated carbocycles. The van der Waals surface area contributed by atoms with Gasteiger partial charge in [-0.2, -0.15) is 0 Å².